The summed E-state index contributed by atoms with van der Waals surface area (Å²) in [5.74, 6) is -0.192. The number of allylic oxidation sites excluding steroid dienone is 1. The molecular formula is C20H18BrFN4O2S. The van der Waals surface area contributed by atoms with Gasteiger partial charge in [-0.25, -0.2) is 14.2 Å². The summed E-state index contributed by atoms with van der Waals surface area (Å²) in [6, 6.07) is 3.70. The molecule has 1 saturated heterocycles. The maximum atomic E-state index is 13.7. The average molecular weight is 477 g/mol. The quantitative estimate of drug-likeness (QED) is 0.514. The van der Waals surface area contributed by atoms with Gasteiger partial charge in [0.1, 0.15) is 11.9 Å². The van der Waals surface area contributed by atoms with Crippen molar-refractivity contribution in [1.29, 1.82) is 5.41 Å². The smallest absolute Gasteiger partial charge is 0.338 e. The normalized spacial score (nSPS) is 21.1. The van der Waals surface area contributed by atoms with Gasteiger partial charge < -0.3 is 15.0 Å². The third kappa shape index (κ3) is 3.64. The van der Waals surface area contributed by atoms with Crippen LogP contribution in [0.3, 0.4) is 0 Å². The number of benzene rings is 1. The van der Waals surface area contributed by atoms with Gasteiger partial charge in [0, 0.05) is 40.4 Å². The lowest BCUT2D eigenvalue weighted by Gasteiger charge is -2.31. The van der Waals surface area contributed by atoms with Gasteiger partial charge in [-0.3, -0.25) is 4.99 Å². The lowest BCUT2D eigenvalue weighted by Crippen LogP contribution is -2.35. The number of halogens is 2. The highest BCUT2D eigenvalue weighted by Crippen LogP contribution is 2.43. The molecule has 1 aromatic carbocycles. The third-order valence-electron chi connectivity index (χ3n) is 4.90. The molecule has 0 amide bonds. The minimum absolute atomic E-state index is 0.0324. The SMILES string of the molecule is CCOC(=O)C1=C2C[C@@H](C=N)CN2C(c2nccs2)=N[C@@H]1c1ccc(F)cc1Br. The van der Waals surface area contributed by atoms with Crippen molar-refractivity contribution in [2.24, 2.45) is 10.9 Å². The number of amidine groups is 1. The van der Waals surface area contributed by atoms with E-state index in [2.05, 4.69) is 20.9 Å². The Hall–Kier alpha value is -2.39. The summed E-state index contributed by atoms with van der Waals surface area (Å²) in [4.78, 5) is 24.2. The molecule has 0 radical (unpaired) electrons. The number of carbonyl (C=O) groups excluding carboxylic acids is 1. The van der Waals surface area contributed by atoms with Crippen LogP contribution >= 0.6 is 27.3 Å². The van der Waals surface area contributed by atoms with Gasteiger partial charge in [-0.15, -0.1) is 11.3 Å². The van der Waals surface area contributed by atoms with Gasteiger partial charge in [0.25, 0.3) is 0 Å². The zero-order chi connectivity index (χ0) is 20.5. The Kier molecular flexibility index (Phi) is 5.60. The van der Waals surface area contributed by atoms with E-state index in [0.717, 1.165) is 10.7 Å². The van der Waals surface area contributed by atoms with E-state index in [-0.39, 0.29) is 18.3 Å². The van der Waals surface area contributed by atoms with E-state index in [1.165, 1.54) is 29.7 Å². The number of carbonyl (C=O) groups is 1. The van der Waals surface area contributed by atoms with Crippen molar-refractivity contribution in [2.75, 3.05) is 13.2 Å². The second kappa shape index (κ2) is 8.16. The second-order valence-corrected chi connectivity index (χ2v) is 8.43. The Labute approximate surface area is 179 Å². The molecule has 0 spiro atoms. The standard InChI is InChI=1S/C20H18BrFN4O2S/c1-2-28-20(27)16-15-7-11(9-23)10-26(15)18(19-24-5-6-29-19)25-17(16)13-4-3-12(22)8-14(13)21/h3-6,8-9,11,17,23H,2,7,10H2,1H3/t11-,17+/m0/s1. The fourth-order valence-electron chi connectivity index (χ4n) is 3.65. The largest absolute Gasteiger partial charge is 0.463 e. The minimum Gasteiger partial charge on any atom is -0.463 e. The molecular weight excluding hydrogens is 459 g/mol. The van der Waals surface area contributed by atoms with Crippen LogP contribution in [0.1, 0.15) is 30.0 Å². The summed E-state index contributed by atoms with van der Waals surface area (Å²) in [6.45, 7) is 2.55. The number of thiazole rings is 1. The van der Waals surface area contributed by atoms with Gasteiger partial charge in [0.15, 0.2) is 10.8 Å². The van der Waals surface area contributed by atoms with E-state index in [4.69, 9.17) is 15.1 Å². The van der Waals surface area contributed by atoms with Gasteiger partial charge in [-0.2, -0.15) is 0 Å². The van der Waals surface area contributed by atoms with Crippen molar-refractivity contribution in [3.63, 3.8) is 0 Å². The van der Waals surface area contributed by atoms with Gasteiger partial charge >= 0.3 is 5.97 Å². The first kappa shape index (κ1) is 19.9. The van der Waals surface area contributed by atoms with Crippen molar-refractivity contribution in [1.82, 2.24) is 9.88 Å². The summed E-state index contributed by atoms with van der Waals surface area (Å²) in [5.41, 5.74) is 1.90. The zero-order valence-electron chi connectivity index (χ0n) is 15.6. The first-order valence-corrected chi connectivity index (χ1v) is 10.8. The summed E-state index contributed by atoms with van der Waals surface area (Å²) >= 11 is 4.88. The van der Waals surface area contributed by atoms with Crippen molar-refractivity contribution in [3.05, 3.63) is 61.9 Å². The Balaban J connectivity index is 1.92. The first-order chi connectivity index (χ1) is 14.0. The van der Waals surface area contributed by atoms with Crippen LogP contribution < -0.4 is 0 Å². The van der Waals surface area contributed by atoms with E-state index < -0.39 is 12.0 Å². The predicted octanol–water partition coefficient (Wildman–Crippen LogP) is 4.33. The predicted molar refractivity (Wildman–Crippen MR) is 113 cm³/mol. The number of fused-ring (bicyclic) bond motifs is 1. The number of rotatable bonds is 5. The van der Waals surface area contributed by atoms with Crippen LogP contribution in [0.25, 0.3) is 0 Å². The van der Waals surface area contributed by atoms with E-state index in [9.17, 15) is 9.18 Å². The van der Waals surface area contributed by atoms with Gasteiger partial charge in [-0.1, -0.05) is 22.0 Å². The van der Waals surface area contributed by atoms with Crippen LogP contribution in [0.4, 0.5) is 4.39 Å². The van der Waals surface area contributed by atoms with Crippen molar-refractivity contribution in [2.45, 2.75) is 19.4 Å². The molecule has 4 rings (SSSR count). The van der Waals surface area contributed by atoms with Crippen LogP contribution in [-0.4, -0.2) is 41.1 Å². The zero-order valence-corrected chi connectivity index (χ0v) is 18.0. The number of aromatic nitrogens is 1. The van der Waals surface area contributed by atoms with E-state index >= 15 is 0 Å². The molecule has 9 heteroatoms. The summed E-state index contributed by atoms with van der Waals surface area (Å²) in [7, 11) is 0. The highest BCUT2D eigenvalue weighted by Gasteiger charge is 2.42. The first-order valence-electron chi connectivity index (χ1n) is 9.14. The second-order valence-electron chi connectivity index (χ2n) is 6.68. The molecule has 0 bridgehead atoms. The topological polar surface area (TPSA) is 78.6 Å². The van der Waals surface area contributed by atoms with E-state index in [0.29, 0.717) is 34.4 Å². The van der Waals surface area contributed by atoms with Crippen LogP contribution in [0.2, 0.25) is 0 Å². The Morgan fingerprint density at radius 2 is 2.34 bits per heavy atom. The molecule has 150 valence electrons. The molecule has 6 nitrogen and oxygen atoms in total. The van der Waals surface area contributed by atoms with Crippen LogP contribution in [-0.2, 0) is 9.53 Å². The molecule has 1 N–H and O–H groups in total. The molecule has 0 unspecified atom stereocenters. The third-order valence-corrected chi connectivity index (χ3v) is 6.36. The van der Waals surface area contributed by atoms with Gasteiger partial charge in [0.05, 0.1) is 12.2 Å². The van der Waals surface area contributed by atoms with Crippen molar-refractivity contribution < 1.29 is 13.9 Å². The number of ether oxygens (including phenoxy) is 1. The van der Waals surface area contributed by atoms with E-state index in [1.807, 2.05) is 10.3 Å². The van der Waals surface area contributed by atoms with Crippen molar-refractivity contribution >= 4 is 45.3 Å². The van der Waals surface area contributed by atoms with Crippen molar-refractivity contribution in [3.8, 4) is 0 Å². The Bertz CT molecular complexity index is 1020. The minimum atomic E-state index is -0.654. The van der Waals surface area contributed by atoms with E-state index in [1.54, 1.807) is 19.2 Å². The maximum absolute atomic E-state index is 13.7. The highest BCUT2D eigenvalue weighted by molar-refractivity contribution is 9.10. The fourth-order valence-corrected chi connectivity index (χ4v) is 4.86. The summed E-state index contributed by atoms with van der Waals surface area (Å²) in [6.07, 6.45) is 3.65. The molecule has 2 aliphatic rings. The summed E-state index contributed by atoms with van der Waals surface area (Å²) < 4.78 is 19.6. The number of nitrogens with zero attached hydrogens (tertiary/aromatic N) is 3. The van der Waals surface area contributed by atoms with Gasteiger partial charge in [-0.05, 0) is 31.0 Å². The van der Waals surface area contributed by atoms with Crippen LogP contribution in [0, 0.1) is 17.1 Å². The highest BCUT2D eigenvalue weighted by atomic mass is 79.9. The number of nitrogens with one attached hydrogen (secondary N) is 1. The number of esters is 1. The average Bonchev–Trinajstić information content (AvgIpc) is 3.37. The molecule has 0 aliphatic carbocycles. The molecule has 2 aliphatic heterocycles. The molecule has 2 atom stereocenters. The molecule has 1 fully saturated rings. The monoisotopic (exact) mass is 476 g/mol. The fraction of sp³-hybridized carbons (Fsp3) is 0.300. The number of aliphatic imine (C=N–C) groups is 1. The molecule has 0 saturated carbocycles. The lowest BCUT2D eigenvalue weighted by atomic mass is 9.94. The number of hydrogen-bond donors (Lipinski definition) is 1. The van der Waals surface area contributed by atoms with Gasteiger partial charge in [0.2, 0.25) is 0 Å². The maximum Gasteiger partial charge on any atom is 0.338 e. The molecule has 3 heterocycles. The van der Waals surface area contributed by atoms with Crippen LogP contribution in [0.15, 0.2) is 50.5 Å². The molecule has 29 heavy (non-hydrogen) atoms. The molecule has 2 aromatic rings. The Morgan fingerprint density at radius 1 is 1.52 bits per heavy atom. The molecule has 1 aromatic heterocycles. The Morgan fingerprint density at radius 3 is 3.00 bits per heavy atom. The number of hydrogen-bond acceptors (Lipinski definition) is 7. The lowest BCUT2D eigenvalue weighted by molar-refractivity contribution is -0.139. The van der Waals surface area contributed by atoms with Crippen LogP contribution in [0.5, 0.6) is 0 Å². The summed E-state index contributed by atoms with van der Waals surface area (Å²) in [5, 5.41) is 10.3.